The molecule has 0 bridgehead atoms. The van der Waals surface area contributed by atoms with Gasteiger partial charge in [0.05, 0.1) is 17.2 Å². The summed E-state index contributed by atoms with van der Waals surface area (Å²) in [6.45, 7) is 9.62. The number of benzene rings is 1. The van der Waals surface area contributed by atoms with E-state index in [1.54, 1.807) is 0 Å². The molecular weight excluding hydrogens is 274 g/mol. The molecule has 0 aliphatic heterocycles. The lowest BCUT2D eigenvalue weighted by atomic mass is 9.93. The van der Waals surface area contributed by atoms with Gasteiger partial charge in [-0.25, -0.2) is 0 Å². The van der Waals surface area contributed by atoms with Crippen LogP contribution in [-0.4, -0.2) is 41.9 Å². The lowest BCUT2D eigenvalue weighted by Crippen LogP contribution is -2.54. The summed E-state index contributed by atoms with van der Waals surface area (Å²) in [5, 5.41) is 14.9. The largest absolute Gasteiger partial charge is 0.389 e. The van der Waals surface area contributed by atoms with E-state index in [9.17, 15) is 5.11 Å². The predicted molar refractivity (Wildman–Crippen MR) is 93.5 cm³/mol. The number of fused-ring (bicyclic) bond motifs is 1. The van der Waals surface area contributed by atoms with Crippen molar-refractivity contribution in [3.05, 3.63) is 36.0 Å². The van der Waals surface area contributed by atoms with Gasteiger partial charge in [0.2, 0.25) is 0 Å². The van der Waals surface area contributed by atoms with E-state index in [0.717, 1.165) is 28.8 Å². The Morgan fingerprint density at radius 2 is 2.00 bits per heavy atom. The van der Waals surface area contributed by atoms with Gasteiger partial charge in [0.1, 0.15) is 0 Å². The minimum atomic E-state index is -0.468. The van der Waals surface area contributed by atoms with Gasteiger partial charge < -0.3 is 15.3 Å². The molecule has 1 atom stereocenters. The molecule has 120 valence electrons. The summed E-state index contributed by atoms with van der Waals surface area (Å²) in [4.78, 5) is 6.75. The van der Waals surface area contributed by atoms with E-state index in [4.69, 9.17) is 0 Å². The maximum Gasteiger partial charge on any atom is 0.0890 e. The third-order valence-corrected chi connectivity index (χ3v) is 4.45. The van der Waals surface area contributed by atoms with Crippen LogP contribution in [0.3, 0.4) is 0 Å². The topological polar surface area (TPSA) is 48.4 Å². The Bertz CT molecular complexity index is 639. The monoisotopic (exact) mass is 301 g/mol. The number of hydrogen-bond donors (Lipinski definition) is 2. The number of nitrogens with one attached hydrogen (secondary N) is 1. The molecule has 0 aliphatic carbocycles. The van der Waals surface area contributed by atoms with Gasteiger partial charge in [0.25, 0.3) is 0 Å². The molecule has 0 radical (unpaired) electrons. The molecule has 2 N–H and O–H groups in total. The summed E-state index contributed by atoms with van der Waals surface area (Å²) in [6.07, 6.45) is -0.468. The van der Waals surface area contributed by atoms with Crippen LogP contribution in [0.1, 0.15) is 26.5 Å². The first-order valence-corrected chi connectivity index (χ1v) is 7.87. The zero-order valence-electron chi connectivity index (χ0n) is 14.2. The number of rotatable bonds is 6. The fourth-order valence-corrected chi connectivity index (χ4v) is 2.63. The van der Waals surface area contributed by atoms with Gasteiger partial charge >= 0.3 is 0 Å². The molecule has 2 rings (SSSR count). The number of aliphatic hydroxyl groups is 1. The Hall–Kier alpha value is -1.65. The van der Waals surface area contributed by atoms with E-state index in [-0.39, 0.29) is 0 Å². The van der Waals surface area contributed by atoms with Crippen molar-refractivity contribution in [3.8, 4) is 0 Å². The average Bonchev–Trinajstić information content (AvgIpc) is 2.50. The van der Waals surface area contributed by atoms with E-state index >= 15 is 0 Å². The normalized spacial score (nSPS) is 13.4. The zero-order chi connectivity index (χ0) is 16.3. The highest BCUT2D eigenvalue weighted by atomic mass is 16.3. The van der Waals surface area contributed by atoms with Crippen LogP contribution in [0, 0.1) is 6.92 Å². The van der Waals surface area contributed by atoms with Gasteiger partial charge in [-0.3, -0.25) is 4.98 Å². The average molecular weight is 301 g/mol. The second kappa shape index (κ2) is 6.63. The minimum Gasteiger partial charge on any atom is -0.389 e. The van der Waals surface area contributed by atoms with Crippen molar-refractivity contribution in [1.29, 1.82) is 0 Å². The summed E-state index contributed by atoms with van der Waals surface area (Å²) in [5.41, 5.74) is 2.68. The summed E-state index contributed by atoms with van der Waals surface area (Å²) < 4.78 is 0. The van der Waals surface area contributed by atoms with Gasteiger partial charge in [-0.2, -0.15) is 0 Å². The summed E-state index contributed by atoms with van der Waals surface area (Å²) in [5.74, 6) is 0. The smallest absolute Gasteiger partial charge is 0.0890 e. The molecule has 1 aromatic carbocycles. The number of pyridine rings is 1. The van der Waals surface area contributed by atoms with Crippen molar-refractivity contribution in [2.75, 3.05) is 25.0 Å². The highest BCUT2D eigenvalue weighted by molar-refractivity contribution is 5.92. The molecule has 0 aliphatic rings. The fourth-order valence-electron chi connectivity index (χ4n) is 2.63. The van der Waals surface area contributed by atoms with E-state index in [1.165, 1.54) is 0 Å². The van der Waals surface area contributed by atoms with E-state index in [2.05, 4.69) is 41.2 Å². The van der Waals surface area contributed by atoms with Crippen LogP contribution in [0.15, 0.2) is 30.3 Å². The first-order valence-electron chi connectivity index (χ1n) is 7.87. The molecule has 22 heavy (non-hydrogen) atoms. The number of hydrogen-bond acceptors (Lipinski definition) is 4. The summed E-state index contributed by atoms with van der Waals surface area (Å²) >= 11 is 0. The van der Waals surface area contributed by atoms with Gasteiger partial charge in [0.15, 0.2) is 0 Å². The number of aliphatic hydroxyl groups excluding tert-OH is 1. The Labute approximate surface area is 133 Å². The highest BCUT2D eigenvalue weighted by Gasteiger charge is 2.33. The molecule has 1 unspecified atom stereocenters. The second-order valence-corrected chi connectivity index (χ2v) is 6.34. The molecule has 1 aromatic heterocycles. The van der Waals surface area contributed by atoms with Gasteiger partial charge in [-0.1, -0.05) is 25.1 Å². The number of anilines is 1. The highest BCUT2D eigenvalue weighted by Crippen LogP contribution is 2.31. The number of aryl methyl sites for hydroxylation is 1. The van der Waals surface area contributed by atoms with Crippen LogP contribution in [0.4, 0.5) is 5.69 Å². The molecule has 0 spiro atoms. The zero-order valence-corrected chi connectivity index (χ0v) is 14.2. The summed E-state index contributed by atoms with van der Waals surface area (Å²) in [7, 11) is 2.04. The number of nitrogens with zero attached hydrogens (tertiary/aromatic N) is 2. The number of likely N-dealkylation sites (N-methyl/N-ethyl adjacent to an activating group) is 2. The Balaban J connectivity index is 2.42. The molecule has 1 heterocycles. The number of aromatic nitrogens is 1. The third kappa shape index (κ3) is 3.23. The minimum absolute atomic E-state index is 0.390. The molecule has 0 saturated heterocycles. The second-order valence-electron chi connectivity index (χ2n) is 6.34. The molecule has 2 aromatic rings. The van der Waals surface area contributed by atoms with Crippen LogP contribution in [0.5, 0.6) is 0 Å². The quantitative estimate of drug-likeness (QED) is 0.861. The van der Waals surface area contributed by atoms with Crippen LogP contribution < -0.4 is 10.2 Å². The Morgan fingerprint density at radius 1 is 1.32 bits per heavy atom. The molecule has 4 heteroatoms. The van der Waals surface area contributed by atoms with Gasteiger partial charge in [-0.15, -0.1) is 0 Å². The van der Waals surface area contributed by atoms with Crippen molar-refractivity contribution < 1.29 is 5.11 Å². The van der Waals surface area contributed by atoms with Crippen LogP contribution >= 0.6 is 0 Å². The van der Waals surface area contributed by atoms with Crippen molar-refractivity contribution >= 4 is 16.6 Å². The van der Waals surface area contributed by atoms with E-state index < -0.39 is 11.6 Å². The lowest BCUT2D eigenvalue weighted by Gasteiger charge is -2.41. The van der Waals surface area contributed by atoms with E-state index in [1.807, 2.05) is 39.1 Å². The van der Waals surface area contributed by atoms with Crippen LogP contribution in [0.2, 0.25) is 0 Å². The predicted octanol–water partition coefficient (Wildman–Crippen LogP) is 2.73. The molecular formula is C18H27N3O. The fraction of sp³-hybridized carbons (Fsp3) is 0.500. The summed E-state index contributed by atoms with van der Waals surface area (Å²) in [6, 6.07) is 10.2. The number of para-hydroxylation sites is 1. The molecule has 0 amide bonds. The van der Waals surface area contributed by atoms with Crippen LogP contribution in [0.25, 0.3) is 10.9 Å². The van der Waals surface area contributed by atoms with Gasteiger partial charge in [0, 0.05) is 30.4 Å². The van der Waals surface area contributed by atoms with Crippen molar-refractivity contribution in [3.63, 3.8) is 0 Å². The first-order chi connectivity index (χ1) is 10.4. The maximum absolute atomic E-state index is 10.6. The molecule has 0 saturated carbocycles. The molecule has 4 nitrogen and oxygen atoms in total. The third-order valence-electron chi connectivity index (χ3n) is 4.45. The Kier molecular flexibility index (Phi) is 5.04. The van der Waals surface area contributed by atoms with E-state index in [0.29, 0.717) is 6.54 Å². The Morgan fingerprint density at radius 3 is 2.68 bits per heavy atom. The van der Waals surface area contributed by atoms with Crippen molar-refractivity contribution in [1.82, 2.24) is 10.3 Å². The maximum atomic E-state index is 10.6. The first kappa shape index (κ1) is 16.7. The standard InChI is InChI=1S/C18H27N3O/c1-6-19-12-17(22)18(3,4)21(5)16-11-13(2)20-15-10-8-7-9-14(15)16/h7-11,17,19,22H,6,12H2,1-5H3. The SMILES string of the molecule is CCNCC(O)C(C)(C)N(C)c1cc(C)nc2ccccc12. The van der Waals surface area contributed by atoms with Crippen LogP contribution in [-0.2, 0) is 0 Å². The van der Waals surface area contributed by atoms with Gasteiger partial charge in [-0.05, 0) is 39.4 Å². The van der Waals surface area contributed by atoms with Crippen molar-refractivity contribution in [2.45, 2.75) is 39.3 Å². The lowest BCUT2D eigenvalue weighted by molar-refractivity contribution is 0.100. The van der Waals surface area contributed by atoms with Crippen molar-refractivity contribution in [2.24, 2.45) is 0 Å². The molecule has 0 fully saturated rings.